The zero-order chi connectivity index (χ0) is 13.4. The van der Waals surface area contributed by atoms with Gasteiger partial charge in [-0.25, -0.2) is 0 Å². The van der Waals surface area contributed by atoms with Gasteiger partial charge in [-0.05, 0) is 25.0 Å². The Hall–Kier alpha value is -2.04. The van der Waals surface area contributed by atoms with E-state index in [0.717, 1.165) is 0 Å². The molecular weight excluding hydrogens is 234 g/mol. The molecule has 0 aliphatic carbocycles. The number of nitrogens with one attached hydrogen (secondary N) is 1. The van der Waals surface area contributed by atoms with E-state index in [0.29, 0.717) is 30.9 Å². The maximum Gasteiger partial charge on any atom is 0.303 e. The normalized spacial score (nSPS) is 9.83. The Bertz CT molecular complexity index is 417. The number of carbonyl (C=O) groups is 2. The quantitative estimate of drug-likeness (QED) is 0.729. The molecule has 18 heavy (non-hydrogen) atoms. The Morgan fingerprint density at radius 2 is 2.00 bits per heavy atom. The summed E-state index contributed by atoms with van der Waals surface area (Å²) >= 11 is 0. The monoisotopic (exact) mass is 251 g/mol. The summed E-state index contributed by atoms with van der Waals surface area (Å²) in [6.45, 7) is 1.87. The van der Waals surface area contributed by atoms with Crippen LogP contribution in [0.2, 0.25) is 0 Å². The molecule has 0 unspecified atom stereocenters. The van der Waals surface area contributed by atoms with Gasteiger partial charge in [0.1, 0.15) is 5.75 Å². The van der Waals surface area contributed by atoms with Crippen LogP contribution in [-0.2, 0) is 9.59 Å². The molecular formula is C13H17NO4. The van der Waals surface area contributed by atoms with Gasteiger partial charge < -0.3 is 15.2 Å². The number of unbranched alkanes of at least 4 members (excludes halogenated alkanes) is 1. The van der Waals surface area contributed by atoms with Crippen LogP contribution in [0.4, 0.5) is 5.69 Å². The Balaban J connectivity index is 2.41. The van der Waals surface area contributed by atoms with Gasteiger partial charge in [-0.15, -0.1) is 0 Å². The highest BCUT2D eigenvalue weighted by atomic mass is 16.5. The van der Waals surface area contributed by atoms with E-state index in [1.54, 1.807) is 12.1 Å². The lowest BCUT2D eigenvalue weighted by Gasteiger charge is -2.11. The number of para-hydroxylation sites is 2. The molecule has 5 heteroatoms. The van der Waals surface area contributed by atoms with Gasteiger partial charge in [-0.1, -0.05) is 12.1 Å². The predicted octanol–water partition coefficient (Wildman–Crippen LogP) is 2.28. The topological polar surface area (TPSA) is 75.6 Å². The maximum atomic E-state index is 11.0. The molecule has 1 aromatic rings. The van der Waals surface area contributed by atoms with E-state index in [1.807, 2.05) is 12.1 Å². The number of rotatable bonds is 7. The van der Waals surface area contributed by atoms with Crippen LogP contribution < -0.4 is 10.1 Å². The number of carboxylic acid groups (broad SMARTS) is 1. The van der Waals surface area contributed by atoms with E-state index >= 15 is 0 Å². The van der Waals surface area contributed by atoms with Crippen molar-refractivity contribution in [1.82, 2.24) is 0 Å². The summed E-state index contributed by atoms with van der Waals surface area (Å²) in [5.41, 5.74) is 0.628. The fourth-order valence-electron chi connectivity index (χ4n) is 1.45. The summed E-state index contributed by atoms with van der Waals surface area (Å²) in [5.74, 6) is -0.353. The van der Waals surface area contributed by atoms with Gasteiger partial charge >= 0.3 is 5.97 Å². The van der Waals surface area contributed by atoms with Crippen LogP contribution in [0.5, 0.6) is 5.75 Å². The molecule has 0 aliphatic heterocycles. The van der Waals surface area contributed by atoms with Gasteiger partial charge in [0.05, 0.1) is 12.3 Å². The molecule has 5 nitrogen and oxygen atoms in total. The molecule has 0 saturated heterocycles. The molecule has 0 fully saturated rings. The molecule has 0 atom stereocenters. The largest absolute Gasteiger partial charge is 0.491 e. The second kappa shape index (κ2) is 7.32. The van der Waals surface area contributed by atoms with Crippen LogP contribution in [0.25, 0.3) is 0 Å². The summed E-state index contributed by atoms with van der Waals surface area (Å²) in [7, 11) is 0. The first-order valence-corrected chi connectivity index (χ1v) is 5.81. The summed E-state index contributed by atoms with van der Waals surface area (Å²) in [6, 6.07) is 7.15. The number of amides is 1. The number of carbonyl (C=O) groups excluding carboxylic acids is 1. The van der Waals surface area contributed by atoms with E-state index in [4.69, 9.17) is 9.84 Å². The van der Waals surface area contributed by atoms with Crippen LogP contribution in [0.3, 0.4) is 0 Å². The molecule has 2 N–H and O–H groups in total. The molecule has 0 bridgehead atoms. The van der Waals surface area contributed by atoms with Gasteiger partial charge in [0.2, 0.25) is 5.91 Å². The minimum Gasteiger partial charge on any atom is -0.491 e. The lowest BCUT2D eigenvalue weighted by Crippen LogP contribution is -2.08. The summed E-state index contributed by atoms with van der Waals surface area (Å²) < 4.78 is 5.51. The number of benzene rings is 1. The van der Waals surface area contributed by atoms with E-state index in [1.165, 1.54) is 6.92 Å². The molecule has 0 saturated carbocycles. The highest BCUT2D eigenvalue weighted by Gasteiger charge is 2.04. The average Bonchev–Trinajstić information content (AvgIpc) is 2.29. The Morgan fingerprint density at radius 3 is 2.67 bits per heavy atom. The molecule has 1 aromatic carbocycles. The fourth-order valence-corrected chi connectivity index (χ4v) is 1.45. The van der Waals surface area contributed by atoms with E-state index < -0.39 is 5.97 Å². The van der Waals surface area contributed by atoms with Gasteiger partial charge in [0.25, 0.3) is 0 Å². The third kappa shape index (κ3) is 5.34. The molecule has 98 valence electrons. The van der Waals surface area contributed by atoms with Crippen molar-refractivity contribution in [1.29, 1.82) is 0 Å². The molecule has 1 amide bonds. The van der Waals surface area contributed by atoms with Crippen molar-refractivity contribution >= 4 is 17.6 Å². The van der Waals surface area contributed by atoms with Gasteiger partial charge in [0.15, 0.2) is 0 Å². The Labute approximate surface area is 106 Å². The number of ether oxygens (including phenoxy) is 1. The number of aliphatic carboxylic acids is 1. The maximum absolute atomic E-state index is 11.0. The van der Waals surface area contributed by atoms with E-state index in [2.05, 4.69) is 5.32 Å². The highest BCUT2D eigenvalue weighted by molar-refractivity contribution is 5.90. The zero-order valence-corrected chi connectivity index (χ0v) is 10.3. The lowest BCUT2D eigenvalue weighted by molar-refractivity contribution is -0.137. The molecule has 0 heterocycles. The standard InChI is InChI=1S/C13H17NO4/c1-10(15)14-11-6-2-3-7-12(11)18-9-5-4-8-13(16)17/h2-3,6-7H,4-5,8-9H2,1H3,(H,14,15)(H,16,17). The fraction of sp³-hybridized carbons (Fsp3) is 0.385. The lowest BCUT2D eigenvalue weighted by atomic mass is 10.2. The van der Waals surface area contributed by atoms with Crippen molar-refractivity contribution < 1.29 is 19.4 Å². The predicted molar refractivity (Wildman–Crippen MR) is 67.7 cm³/mol. The van der Waals surface area contributed by atoms with Crippen molar-refractivity contribution in [3.8, 4) is 5.75 Å². The third-order valence-electron chi connectivity index (χ3n) is 2.24. The second-order valence-corrected chi connectivity index (χ2v) is 3.88. The Morgan fingerprint density at radius 1 is 1.28 bits per heavy atom. The molecule has 0 spiro atoms. The minimum atomic E-state index is -0.798. The number of anilines is 1. The SMILES string of the molecule is CC(=O)Nc1ccccc1OCCCCC(=O)O. The molecule has 0 aromatic heterocycles. The highest BCUT2D eigenvalue weighted by Crippen LogP contribution is 2.23. The van der Waals surface area contributed by atoms with Crippen molar-refractivity contribution in [3.05, 3.63) is 24.3 Å². The summed E-state index contributed by atoms with van der Waals surface area (Å²) in [4.78, 5) is 21.3. The van der Waals surface area contributed by atoms with Crippen molar-refractivity contribution in [2.75, 3.05) is 11.9 Å². The Kier molecular flexibility index (Phi) is 5.70. The smallest absolute Gasteiger partial charge is 0.303 e. The minimum absolute atomic E-state index is 0.150. The molecule has 0 radical (unpaired) electrons. The van der Waals surface area contributed by atoms with Crippen molar-refractivity contribution in [2.45, 2.75) is 26.2 Å². The number of hydrogen-bond donors (Lipinski definition) is 2. The van der Waals surface area contributed by atoms with Crippen LogP contribution in [-0.4, -0.2) is 23.6 Å². The first kappa shape index (κ1) is 14.0. The van der Waals surface area contributed by atoms with Gasteiger partial charge in [-0.3, -0.25) is 9.59 Å². The number of carboxylic acids is 1. The second-order valence-electron chi connectivity index (χ2n) is 3.88. The van der Waals surface area contributed by atoms with Crippen LogP contribution >= 0.6 is 0 Å². The van der Waals surface area contributed by atoms with E-state index in [-0.39, 0.29) is 12.3 Å². The summed E-state index contributed by atoms with van der Waals surface area (Å²) in [5, 5.41) is 11.2. The molecule has 0 aliphatic rings. The van der Waals surface area contributed by atoms with Crippen LogP contribution in [0.15, 0.2) is 24.3 Å². The van der Waals surface area contributed by atoms with Crippen molar-refractivity contribution in [3.63, 3.8) is 0 Å². The zero-order valence-electron chi connectivity index (χ0n) is 10.3. The molecule has 1 rings (SSSR count). The van der Waals surface area contributed by atoms with Crippen LogP contribution in [0.1, 0.15) is 26.2 Å². The first-order valence-electron chi connectivity index (χ1n) is 5.81. The van der Waals surface area contributed by atoms with Gasteiger partial charge in [-0.2, -0.15) is 0 Å². The van der Waals surface area contributed by atoms with E-state index in [9.17, 15) is 9.59 Å². The first-order chi connectivity index (χ1) is 8.59. The number of hydrogen-bond acceptors (Lipinski definition) is 3. The summed E-state index contributed by atoms with van der Waals surface area (Å²) in [6.07, 6.45) is 1.40. The van der Waals surface area contributed by atoms with Gasteiger partial charge in [0, 0.05) is 13.3 Å². The van der Waals surface area contributed by atoms with Crippen LogP contribution in [0, 0.1) is 0 Å². The third-order valence-corrected chi connectivity index (χ3v) is 2.24. The van der Waals surface area contributed by atoms with Crippen molar-refractivity contribution in [2.24, 2.45) is 0 Å². The average molecular weight is 251 g/mol.